The molecule has 1 N–H and O–H groups in total. The quantitative estimate of drug-likeness (QED) is 0.652. The molecule has 0 saturated carbocycles. The number of nitrogens with one attached hydrogen (secondary N) is 1. The molecule has 1 aromatic carbocycles. The van der Waals surface area contributed by atoms with Gasteiger partial charge in [0.25, 0.3) is 5.69 Å². The largest absolute Gasteiger partial charge is 0.472 e. The number of hydrogen-bond donors (Lipinski definition) is 1. The lowest BCUT2D eigenvalue weighted by Crippen LogP contribution is -2.40. The second-order valence-electron chi connectivity index (χ2n) is 5.17. The zero-order valence-electron chi connectivity index (χ0n) is 13.1. The van der Waals surface area contributed by atoms with Crippen molar-refractivity contribution in [3.8, 4) is 0 Å². The summed E-state index contributed by atoms with van der Waals surface area (Å²) < 4.78 is 5.00. The minimum atomic E-state index is -0.449. The van der Waals surface area contributed by atoms with Gasteiger partial charge in [-0.3, -0.25) is 10.1 Å². The summed E-state index contributed by atoms with van der Waals surface area (Å²) >= 11 is 0. The summed E-state index contributed by atoms with van der Waals surface area (Å²) in [5, 5.41) is 13.7. The number of rotatable bonds is 6. The maximum absolute atomic E-state index is 12.4. The summed E-state index contributed by atoms with van der Waals surface area (Å²) in [5.74, 6) is 0. The van der Waals surface area contributed by atoms with E-state index in [1.165, 1.54) is 12.1 Å². The molecule has 7 nitrogen and oxygen atoms in total. The first-order chi connectivity index (χ1) is 11.0. The fourth-order valence-electron chi connectivity index (χ4n) is 2.20. The molecule has 122 valence electrons. The molecule has 0 aliphatic heterocycles. The third-order valence-corrected chi connectivity index (χ3v) is 3.54. The van der Waals surface area contributed by atoms with Gasteiger partial charge in [-0.15, -0.1) is 0 Å². The van der Waals surface area contributed by atoms with E-state index in [2.05, 4.69) is 5.32 Å². The van der Waals surface area contributed by atoms with Crippen molar-refractivity contribution in [2.45, 2.75) is 26.4 Å². The van der Waals surface area contributed by atoms with Crippen LogP contribution < -0.4 is 5.32 Å². The molecule has 2 aromatic rings. The molecular weight excluding hydrogens is 298 g/mol. The molecule has 0 fully saturated rings. The number of hydrogen-bond acceptors (Lipinski definition) is 4. The summed E-state index contributed by atoms with van der Waals surface area (Å²) in [5.41, 5.74) is 1.60. The zero-order valence-corrected chi connectivity index (χ0v) is 13.1. The first-order valence-corrected chi connectivity index (χ1v) is 7.32. The predicted molar refractivity (Wildman–Crippen MR) is 84.8 cm³/mol. The number of urea groups is 1. The van der Waals surface area contributed by atoms with Crippen molar-refractivity contribution in [3.05, 3.63) is 64.1 Å². The lowest BCUT2D eigenvalue weighted by Gasteiger charge is -2.23. The highest BCUT2D eigenvalue weighted by molar-refractivity contribution is 5.74. The molecule has 0 spiro atoms. The Hall–Kier alpha value is -2.83. The number of nitrogens with zero attached hydrogens (tertiary/aromatic N) is 2. The van der Waals surface area contributed by atoms with Gasteiger partial charge in [0.2, 0.25) is 0 Å². The molecule has 1 unspecified atom stereocenters. The third-order valence-electron chi connectivity index (χ3n) is 3.54. The number of nitro benzene ring substituents is 1. The first-order valence-electron chi connectivity index (χ1n) is 7.32. The van der Waals surface area contributed by atoms with E-state index >= 15 is 0 Å². The molecule has 1 heterocycles. The zero-order chi connectivity index (χ0) is 16.8. The molecule has 0 bridgehead atoms. The Balaban J connectivity index is 2.03. The van der Waals surface area contributed by atoms with Gasteiger partial charge in [-0.1, -0.05) is 12.1 Å². The molecular formula is C16H19N3O4. The van der Waals surface area contributed by atoms with Crippen molar-refractivity contribution >= 4 is 11.7 Å². The van der Waals surface area contributed by atoms with Gasteiger partial charge in [0.1, 0.15) is 0 Å². The van der Waals surface area contributed by atoms with E-state index in [-0.39, 0.29) is 17.8 Å². The Labute approximate surface area is 134 Å². The fraction of sp³-hybridized carbons (Fsp3) is 0.312. The number of nitro groups is 1. The number of carbonyl (C=O) groups is 1. The van der Waals surface area contributed by atoms with Crippen LogP contribution in [-0.4, -0.2) is 22.4 Å². The molecule has 7 heteroatoms. The number of non-ortho nitro benzene ring substituents is 1. The molecule has 0 saturated heterocycles. The summed E-state index contributed by atoms with van der Waals surface area (Å²) in [4.78, 5) is 24.4. The van der Waals surface area contributed by atoms with Crippen molar-refractivity contribution in [2.24, 2.45) is 0 Å². The summed E-state index contributed by atoms with van der Waals surface area (Å²) in [6.45, 7) is 4.67. The van der Waals surface area contributed by atoms with Crippen molar-refractivity contribution in [3.63, 3.8) is 0 Å². The lowest BCUT2D eigenvalue weighted by atomic mass is 10.1. The maximum atomic E-state index is 12.4. The van der Waals surface area contributed by atoms with E-state index in [1.807, 2.05) is 6.92 Å². The van der Waals surface area contributed by atoms with Crippen LogP contribution in [-0.2, 0) is 6.54 Å². The predicted octanol–water partition coefficient (Wildman–Crippen LogP) is 3.48. The van der Waals surface area contributed by atoms with E-state index in [0.717, 1.165) is 5.56 Å². The van der Waals surface area contributed by atoms with Crippen LogP contribution in [0.2, 0.25) is 0 Å². The standard InChI is InChI=1S/C16H19N3O4/c1-3-18(10-13-7-8-23-11-13)16(20)17-12(2)14-5-4-6-15(9-14)19(21)22/h4-9,11-12H,3,10H2,1-2H3,(H,17,20). The Kier molecular flexibility index (Phi) is 5.35. The fourth-order valence-corrected chi connectivity index (χ4v) is 2.20. The van der Waals surface area contributed by atoms with Crippen LogP contribution in [0, 0.1) is 10.1 Å². The summed E-state index contributed by atoms with van der Waals surface area (Å²) in [6, 6.07) is 7.50. The van der Waals surface area contributed by atoms with E-state index in [0.29, 0.717) is 18.7 Å². The van der Waals surface area contributed by atoms with Crippen LogP contribution >= 0.6 is 0 Å². The summed E-state index contributed by atoms with van der Waals surface area (Å²) in [7, 11) is 0. The van der Waals surface area contributed by atoms with Crippen molar-refractivity contribution < 1.29 is 14.1 Å². The SMILES string of the molecule is CCN(Cc1ccoc1)C(=O)NC(C)c1cccc([N+](=O)[O-])c1. The Morgan fingerprint density at radius 3 is 2.83 bits per heavy atom. The van der Waals surface area contributed by atoms with Gasteiger partial charge < -0.3 is 14.6 Å². The molecule has 0 aliphatic carbocycles. The highest BCUT2D eigenvalue weighted by Crippen LogP contribution is 2.19. The van der Waals surface area contributed by atoms with Gasteiger partial charge >= 0.3 is 6.03 Å². The van der Waals surface area contributed by atoms with Crippen LogP contribution in [0.5, 0.6) is 0 Å². The normalized spacial score (nSPS) is 11.7. The van der Waals surface area contributed by atoms with Gasteiger partial charge in [-0.2, -0.15) is 0 Å². The van der Waals surface area contributed by atoms with Crippen LogP contribution in [0.1, 0.15) is 31.0 Å². The second kappa shape index (κ2) is 7.44. The number of benzene rings is 1. The second-order valence-corrected chi connectivity index (χ2v) is 5.17. The molecule has 2 rings (SSSR count). The lowest BCUT2D eigenvalue weighted by molar-refractivity contribution is -0.384. The number of furan rings is 1. The highest BCUT2D eigenvalue weighted by atomic mass is 16.6. The summed E-state index contributed by atoms with van der Waals surface area (Å²) in [6.07, 6.45) is 3.16. The third kappa shape index (κ3) is 4.32. The highest BCUT2D eigenvalue weighted by Gasteiger charge is 2.17. The number of carbonyl (C=O) groups excluding carboxylic acids is 1. The topological polar surface area (TPSA) is 88.6 Å². The minimum Gasteiger partial charge on any atom is -0.472 e. The smallest absolute Gasteiger partial charge is 0.318 e. The van der Waals surface area contributed by atoms with E-state index in [1.54, 1.807) is 42.5 Å². The van der Waals surface area contributed by atoms with Crippen LogP contribution in [0.25, 0.3) is 0 Å². The minimum absolute atomic E-state index is 0.00865. The average Bonchev–Trinajstić information content (AvgIpc) is 3.05. The Morgan fingerprint density at radius 2 is 2.22 bits per heavy atom. The van der Waals surface area contributed by atoms with Crippen molar-refractivity contribution in [1.29, 1.82) is 0 Å². The molecule has 1 atom stereocenters. The van der Waals surface area contributed by atoms with Crippen LogP contribution in [0.15, 0.2) is 47.3 Å². The van der Waals surface area contributed by atoms with Gasteiger partial charge in [0.05, 0.1) is 30.0 Å². The number of amides is 2. The van der Waals surface area contributed by atoms with Gasteiger partial charge in [0.15, 0.2) is 0 Å². The first kappa shape index (κ1) is 16.5. The van der Waals surface area contributed by atoms with Crippen molar-refractivity contribution in [1.82, 2.24) is 10.2 Å². The van der Waals surface area contributed by atoms with Gasteiger partial charge in [0, 0.05) is 24.2 Å². The maximum Gasteiger partial charge on any atom is 0.318 e. The van der Waals surface area contributed by atoms with Gasteiger partial charge in [-0.25, -0.2) is 4.79 Å². The molecule has 0 radical (unpaired) electrons. The van der Waals surface area contributed by atoms with E-state index < -0.39 is 4.92 Å². The molecule has 23 heavy (non-hydrogen) atoms. The van der Waals surface area contributed by atoms with E-state index in [4.69, 9.17) is 4.42 Å². The molecule has 1 aromatic heterocycles. The Morgan fingerprint density at radius 1 is 1.43 bits per heavy atom. The van der Waals surface area contributed by atoms with Crippen molar-refractivity contribution in [2.75, 3.05) is 6.54 Å². The molecule has 2 amide bonds. The van der Waals surface area contributed by atoms with E-state index in [9.17, 15) is 14.9 Å². The van der Waals surface area contributed by atoms with Crippen LogP contribution in [0.4, 0.5) is 10.5 Å². The average molecular weight is 317 g/mol. The Bertz CT molecular complexity index is 670. The monoisotopic (exact) mass is 317 g/mol. The molecule has 0 aliphatic rings. The van der Waals surface area contributed by atoms with Crippen LogP contribution in [0.3, 0.4) is 0 Å². The van der Waals surface area contributed by atoms with Gasteiger partial charge in [-0.05, 0) is 25.5 Å².